The first kappa shape index (κ1) is 11.1. The summed E-state index contributed by atoms with van der Waals surface area (Å²) in [6, 6.07) is 6.11. The van der Waals surface area contributed by atoms with Gasteiger partial charge >= 0.3 is 24.8 Å². The predicted octanol–water partition coefficient (Wildman–Crippen LogP) is 0.371. The normalized spacial score (nSPS) is 8.67. The van der Waals surface area contributed by atoms with Crippen molar-refractivity contribution in [2.45, 2.75) is 6.42 Å². The zero-order valence-corrected chi connectivity index (χ0v) is 5.82. The average Bonchev–Trinajstić information content (AvgIpc) is 1.93. The Morgan fingerprint density at radius 2 is 1.75 bits per heavy atom. The molecule has 0 aliphatic heterocycles. The molecule has 0 heterocycles. The maximum absolute atomic E-state index is 10.2. The molecular formula is C8H9LiO3. The molecule has 1 aromatic rings. The van der Waals surface area contributed by atoms with Gasteiger partial charge in [-0.25, -0.2) is 0 Å². The van der Waals surface area contributed by atoms with Gasteiger partial charge < -0.3 is 10.2 Å². The molecule has 0 unspecified atom stereocenters. The minimum atomic E-state index is -0.865. The number of carboxylic acids is 1. The van der Waals surface area contributed by atoms with E-state index in [0.717, 1.165) is 0 Å². The molecule has 3 nitrogen and oxygen atoms in total. The van der Waals surface area contributed by atoms with Crippen LogP contribution in [0.25, 0.3) is 0 Å². The molecule has 12 heavy (non-hydrogen) atoms. The Morgan fingerprint density at radius 1 is 1.25 bits per heavy atom. The van der Waals surface area contributed by atoms with Crippen LogP contribution >= 0.6 is 0 Å². The number of benzene rings is 1. The van der Waals surface area contributed by atoms with Crippen molar-refractivity contribution in [2.24, 2.45) is 0 Å². The fraction of sp³-hybridized carbons (Fsp3) is 0.125. The summed E-state index contributed by atoms with van der Waals surface area (Å²) in [6.45, 7) is 0. The van der Waals surface area contributed by atoms with Crippen LogP contribution in [0, 0.1) is 0 Å². The van der Waals surface area contributed by atoms with Gasteiger partial charge in [0.2, 0.25) is 0 Å². The first-order valence-electron chi connectivity index (χ1n) is 3.18. The van der Waals surface area contributed by atoms with Crippen molar-refractivity contribution in [3.05, 3.63) is 29.8 Å². The molecule has 4 heteroatoms. The Hall–Kier alpha value is -0.913. The number of hydrogen-bond acceptors (Lipinski definition) is 2. The van der Waals surface area contributed by atoms with E-state index in [1.54, 1.807) is 12.1 Å². The number of hydrogen-bond donors (Lipinski definition) is 2. The summed E-state index contributed by atoms with van der Waals surface area (Å²) in [5.74, 6) is -0.713. The molecule has 2 N–H and O–H groups in total. The van der Waals surface area contributed by atoms with Crippen LogP contribution in [0.15, 0.2) is 24.3 Å². The molecule has 0 aliphatic rings. The molecule has 0 saturated heterocycles. The summed E-state index contributed by atoms with van der Waals surface area (Å²) in [6.07, 6.45) is 0.000278. The first-order chi connectivity index (χ1) is 5.18. The molecule has 0 aliphatic carbocycles. The SMILES string of the molecule is O=C(O)Cc1ccc(O)cc1.[LiH]. The van der Waals surface area contributed by atoms with E-state index in [4.69, 9.17) is 10.2 Å². The third-order valence-corrected chi connectivity index (χ3v) is 1.29. The number of carboxylic acid groups (broad SMARTS) is 1. The van der Waals surface area contributed by atoms with E-state index in [1.165, 1.54) is 12.1 Å². The van der Waals surface area contributed by atoms with Gasteiger partial charge in [0.05, 0.1) is 6.42 Å². The number of phenols is 1. The second-order valence-electron chi connectivity index (χ2n) is 2.24. The van der Waals surface area contributed by atoms with Gasteiger partial charge in [0, 0.05) is 0 Å². The fourth-order valence-electron chi connectivity index (χ4n) is 0.788. The van der Waals surface area contributed by atoms with Crippen molar-refractivity contribution in [2.75, 3.05) is 0 Å². The van der Waals surface area contributed by atoms with Crippen LogP contribution in [0.2, 0.25) is 0 Å². The van der Waals surface area contributed by atoms with Crippen molar-refractivity contribution in [3.8, 4) is 5.75 Å². The van der Waals surface area contributed by atoms with Gasteiger partial charge in [0.15, 0.2) is 0 Å². The molecule has 0 amide bonds. The topological polar surface area (TPSA) is 57.5 Å². The van der Waals surface area contributed by atoms with E-state index in [1.807, 2.05) is 0 Å². The van der Waals surface area contributed by atoms with Crippen molar-refractivity contribution in [1.82, 2.24) is 0 Å². The van der Waals surface area contributed by atoms with E-state index in [2.05, 4.69) is 0 Å². The monoisotopic (exact) mass is 160 g/mol. The third-order valence-electron chi connectivity index (χ3n) is 1.29. The van der Waals surface area contributed by atoms with Gasteiger partial charge in [-0.2, -0.15) is 0 Å². The number of aromatic hydroxyl groups is 1. The molecule has 0 bridgehead atoms. The van der Waals surface area contributed by atoms with E-state index < -0.39 is 5.97 Å². The fourth-order valence-corrected chi connectivity index (χ4v) is 0.788. The van der Waals surface area contributed by atoms with Crippen LogP contribution in [0.4, 0.5) is 0 Å². The maximum atomic E-state index is 10.2. The summed E-state index contributed by atoms with van der Waals surface area (Å²) in [4.78, 5) is 10.2. The van der Waals surface area contributed by atoms with Crippen molar-refractivity contribution in [3.63, 3.8) is 0 Å². The predicted molar refractivity (Wildman–Crippen MR) is 46.6 cm³/mol. The number of carbonyl (C=O) groups is 1. The van der Waals surface area contributed by atoms with Crippen molar-refractivity contribution < 1.29 is 15.0 Å². The van der Waals surface area contributed by atoms with Gasteiger partial charge in [-0.3, -0.25) is 4.79 Å². The van der Waals surface area contributed by atoms with Gasteiger partial charge in [-0.15, -0.1) is 0 Å². The third kappa shape index (κ3) is 3.47. The standard InChI is InChI=1S/C8H8O3.Li.H/c9-7-3-1-6(2-4-7)5-8(10)11;;/h1-4,9H,5H2,(H,10,11);;. The summed E-state index contributed by atoms with van der Waals surface area (Å²) in [5, 5.41) is 17.2. The molecule has 1 rings (SSSR count). The van der Waals surface area contributed by atoms with Crippen LogP contribution in [-0.4, -0.2) is 35.0 Å². The second kappa shape index (κ2) is 4.86. The molecule has 0 fully saturated rings. The summed E-state index contributed by atoms with van der Waals surface area (Å²) in [5.41, 5.74) is 0.690. The summed E-state index contributed by atoms with van der Waals surface area (Å²) >= 11 is 0. The molecule has 1 aromatic carbocycles. The number of rotatable bonds is 2. The Morgan fingerprint density at radius 3 is 2.17 bits per heavy atom. The van der Waals surface area contributed by atoms with Crippen molar-refractivity contribution >= 4 is 24.8 Å². The van der Waals surface area contributed by atoms with Gasteiger partial charge in [0.1, 0.15) is 5.75 Å². The van der Waals surface area contributed by atoms with E-state index >= 15 is 0 Å². The van der Waals surface area contributed by atoms with Crippen LogP contribution in [-0.2, 0) is 11.2 Å². The average molecular weight is 160 g/mol. The zero-order chi connectivity index (χ0) is 8.27. The molecule has 60 valence electrons. The zero-order valence-electron chi connectivity index (χ0n) is 5.82. The Bertz CT molecular complexity index is 256. The molecule has 0 spiro atoms. The first-order valence-corrected chi connectivity index (χ1v) is 3.18. The molecular weight excluding hydrogens is 151 g/mol. The van der Waals surface area contributed by atoms with Crippen LogP contribution in [0.1, 0.15) is 5.56 Å². The molecule has 0 aromatic heterocycles. The number of phenolic OH excluding ortho intramolecular Hbond substituents is 1. The van der Waals surface area contributed by atoms with Gasteiger partial charge in [0.25, 0.3) is 0 Å². The number of aliphatic carboxylic acids is 1. The summed E-state index contributed by atoms with van der Waals surface area (Å²) < 4.78 is 0. The Kier molecular flexibility index (Phi) is 4.49. The van der Waals surface area contributed by atoms with Gasteiger partial charge in [-0.1, -0.05) is 12.1 Å². The van der Waals surface area contributed by atoms with E-state index in [-0.39, 0.29) is 31.0 Å². The van der Waals surface area contributed by atoms with Gasteiger partial charge in [-0.05, 0) is 17.7 Å². The van der Waals surface area contributed by atoms with Crippen molar-refractivity contribution in [1.29, 1.82) is 0 Å². The molecule has 0 atom stereocenters. The quantitative estimate of drug-likeness (QED) is 0.614. The summed E-state index contributed by atoms with van der Waals surface area (Å²) in [7, 11) is 0. The van der Waals surface area contributed by atoms with Crippen LogP contribution in [0.5, 0.6) is 5.75 Å². The Labute approximate surface area is 82.2 Å². The van der Waals surface area contributed by atoms with E-state index in [9.17, 15) is 4.79 Å². The van der Waals surface area contributed by atoms with E-state index in [0.29, 0.717) is 5.56 Å². The molecule has 0 radical (unpaired) electrons. The van der Waals surface area contributed by atoms with Crippen LogP contribution in [0.3, 0.4) is 0 Å². The minimum absolute atomic E-state index is 0. The molecule has 0 saturated carbocycles. The Balaban J connectivity index is 0.00000121. The van der Waals surface area contributed by atoms with Crippen LogP contribution < -0.4 is 0 Å². The second-order valence-corrected chi connectivity index (χ2v) is 2.24.